The average Bonchev–Trinajstić information content (AvgIpc) is 2.54. The molecule has 2 atom stereocenters. The summed E-state index contributed by atoms with van der Waals surface area (Å²) in [5.74, 6) is 0.712. The first-order valence-corrected chi connectivity index (χ1v) is 8.76. The quantitative estimate of drug-likeness (QED) is 0.635. The second kappa shape index (κ2) is 10.7. The summed E-state index contributed by atoms with van der Waals surface area (Å²) < 4.78 is 0. The number of unbranched alkanes of at least 4 members (excludes halogenated alkanes) is 1. The number of nitrogens with one attached hydrogen (secondary N) is 1. The molecule has 0 bridgehead atoms. The van der Waals surface area contributed by atoms with Crippen molar-refractivity contribution in [2.24, 2.45) is 5.92 Å². The molecule has 0 amide bonds. The Bertz CT molecular complexity index is 350. The predicted molar refractivity (Wildman–Crippen MR) is 95.1 cm³/mol. The number of anilines is 1. The molecule has 1 N–H and O–H groups in total. The van der Waals surface area contributed by atoms with E-state index in [2.05, 4.69) is 68.2 Å². The zero-order chi connectivity index (χ0) is 15.5. The lowest BCUT2D eigenvalue weighted by Gasteiger charge is -2.33. The molecule has 1 aromatic carbocycles. The fourth-order valence-corrected chi connectivity index (χ4v) is 2.61. The molecule has 0 spiro atoms. The van der Waals surface area contributed by atoms with Crippen molar-refractivity contribution in [3.63, 3.8) is 0 Å². The fourth-order valence-electron chi connectivity index (χ4n) is 2.61. The molecule has 0 aliphatic carbocycles. The predicted octanol–water partition coefficient (Wildman–Crippen LogP) is 4.71. The van der Waals surface area contributed by atoms with Crippen molar-refractivity contribution in [3.05, 3.63) is 30.3 Å². The van der Waals surface area contributed by atoms with Gasteiger partial charge in [-0.1, -0.05) is 58.7 Å². The van der Waals surface area contributed by atoms with Gasteiger partial charge in [0.1, 0.15) is 0 Å². The smallest absolute Gasteiger partial charge is 0.0366 e. The van der Waals surface area contributed by atoms with Gasteiger partial charge in [0.2, 0.25) is 0 Å². The summed E-state index contributed by atoms with van der Waals surface area (Å²) in [6, 6.07) is 11.4. The van der Waals surface area contributed by atoms with E-state index in [0.29, 0.717) is 12.0 Å². The molecule has 2 nitrogen and oxygen atoms in total. The second-order valence-electron chi connectivity index (χ2n) is 6.08. The van der Waals surface area contributed by atoms with E-state index >= 15 is 0 Å². The maximum atomic E-state index is 3.76. The van der Waals surface area contributed by atoms with Gasteiger partial charge in [0.15, 0.2) is 0 Å². The van der Waals surface area contributed by atoms with E-state index in [1.54, 1.807) is 0 Å². The molecule has 0 heterocycles. The first kappa shape index (κ1) is 18.0. The van der Waals surface area contributed by atoms with Crippen molar-refractivity contribution < 1.29 is 0 Å². The molecule has 1 rings (SSSR count). The number of nitrogens with zero attached hydrogens (tertiary/aromatic N) is 1. The maximum Gasteiger partial charge on any atom is 0.0366 e. The third-order valence-corrected chi connectivity index (χ3v) is 4.31. The molecular weight excluding hydrogens is 256 g/mol. The van der Waals surface area contributed by atoms with Gasteiger partial charge in [0, 0.05) is 24.8 Å². The number of benzene rings is 1. The van der Waals surface area contributed by atoms with E-state index < -0.39 is 0 Å². The largest absolute Gasteiger partial charge is 0.370 e. The number of para-hydroxylation sites is 1. The minimum Gasteiger partial charge on any atom is -0.370 e. The van der Waals surface area contributed by atoms with Crippen LogP contribution in [0.5, 0.6) is 0 Å². The van der Waals surface area contributed by atoms with Gasteiger partial charge in [-0.2, -0.15) is 0 Å². The third-order valence-electron chi connectivity index (χ3n) is 4.31. The Hall–Kier alpha value is -1.02. The second-order valence-corrected chi connectivity index (χ2v) is 6.08. The maximum absolute atomic E-state index is 3.76. The standard InChI is InChI=1S/C19H34N2/c1-5-8-15-21(18-12-10-9-11-13-18)16-19(17(4)7-3)20-14-6-2/h9-13,17,19-20H,5-8,14-16H2,1-4H3. The van der Waals surface area contributed by atoms with Crippen LogP contribution in [0.2, 0.25) is 0 Å². The Kier molecular flexibility index (Phi) is 9.16. The molecule has 0 saturated carbocycles. The topological polar surface area (TPSA) is 15.3 Å². The molecule has 0 aromatic heterocycles. The number of hydrogen-bond donors (Lipinski definition) is 1. The first-order valence-electron chi connectivity index (χ1n) is 8.76. The Morgan fingerprint density at radius 2 is 1.76 bits per heavy atom. The van der Waals surface area contributed by atoms with E-state index in [4.69, 9.17) is 0 Å². The van der Waals surface area contributed by atoms with E-state index in [1.807, 2.05) is 0 Å². The molecule has 120 valence electrons. The molecule has 0 aliphatic rings. The minimum atomic E-state index is 0.576. The van der Waals surface area contributed by atoms with Crippen LogP contribution in [0.25, 0.3) is 0 Å². The van der Waals surface area contributed by atoms with Gasteiger partial charge in [-0.3, -0.25) is 0 Å². The Morgan fingerprint density at radius 1 is 1.05 bits per heavy atom. The fraction of sp³-hybridized carbons (Fsp3) is 0.684. The van der Waals surface area contributed by atoms with Gasteiger partial charge in [0.25, 0.3) is 0 Å². The summed E-state index contributed by atoms with van der Waals surface area (Å²) in [7, 11) is 0. The van der Waals surface area contributed by atoms with Crippen molar-refractivity contribution >= 4 is 5.69 Å². The van der Waals surface area contributed by atoms with Crippen LogP contribution in [0.3, 0.4) is 0 Å². The summed E-state index contributed by atoms with van der Waals surface area (Å²) >= 11 is 0. The summed E-state index contributed by atoms with van der Waals surface area (Å²) in [6.45, 7) is 12.6. The first-order chi connectivity index (χ1) is 10.2. The van der Waals surface area contributed by atoms with Gasteiger partial charge in [-0.25, -0.2) is 0 Å². The Labute approximate surface area is 131 Å². The lowest BCUT2D eigenvalue weighted by atomic mass is 9.98. The van der Waals surface area contributed by atoms with E-state index in [9.17, 15) is 0 Å². The van der Waals surface area contributed by atoms with Gasteiger partial charge < -0.3 is 10.2 Å². The van der Waals surface area contributed by atoms with Crippen molar-refractivity contribution in [1.82, 2.24) is 5.32 Å². The van der Waals surface area contributed by atoms with E-state index in [0.717, 1.165) is 19.6 Å². The molecule has 0 saturated heterocycles. The highest BCUT2D eigenvalue weighted by Crippen LogP contribution is 2.17. The zero-order valence-electron chi connectivity index (χ0n) is 14.4. The highest BCUT2D eigenvalue weighted by atomic mass is 15.2. The molecule has 0 radical (unpaired) electrons. The van der Waals surface area contributed by atoms with Crippen LogP contribution in [0, 0.1) is 5.92 Å². The van der Waals surface area contributed by atoms with Crippen molar-refractivity contribution in [2.45, 2.75) is 59.4 Å². The van der Waals surface area contributed by atoms with Crippen LogP contribution in [0.1, 0.15) is 53.4 Å². The van der Waals surface area contributed by atoms with Crippen molar-refractivity contribution in [3.8, 4) is 0 Å². The summed E-state index contributed by atoms with van der Waals surface area (Å²) in [5.41, 5.74) is 1.36. The highest BCUT2D eigenvalue weighted by Gasteiger charge is 2.18. The molecular formula is C19H34N2. The lowest BCUT2D eigenvalue weighted by molar-refractivity contribution is 0.365. The Morgan fingerprint density at radius 3 is 2.33 bits per heavy atom. The van der Waals surface area contributed by atoms with Crippen LogP contribution < -0.4 is 10.2 Å². The zero-order valence-corrected chi connectivity index (χ0v) is 14.4. The normalized spacial score (nSPS) is 13.9. The van der Waals surface area contributed by atoms with E-state index in [-0.39, 0.29) is 0 Å². The van der Waals surface area contributed by atoms with Gasteiger partial charge in [-0.15, -0.1) is 0 Å². The lowest BCUT2D eigenvalue weighted by Crippen LogP contribution is -2.45. The Balaban J connectivity index is 2.75. The third kappa shape index (κ3) is 6.52. The molecule has 2 heteroatoms. The van der Waals surface area contributed by atoms with Crippen LogP contribution in [-0.4, -0.2) is 25.7 Å². The van der Waals surface area contributed by atoms with Gasteiger partial charge in [0.05, 0.1) is 0 Å². The van der Waals surface area contributed by atoms with Gasteiger partial charge in [-0.05, 0) is 37.4 Å². The van der Waals surface area contributed by atoms with Crippen molar-refractivity contribution in [2.75, 3.05) is 24.5 Å². The monoisotopic (exact) mass is 290 g/mol. The molecule has 0 aliphatic heterocycles. The minimum absolute atomic E-state index is 0.576. The average molecular weight is 290 g/mol. The molecule has 0 fully saturated rings. The van der Waals surface area contributed by atoms with Crippen molar-refractivity contribution in [1.29, 1.82) is 0 Å². The number of rotatable bonds is 11. The molecule has 1 aromatic rings. The SMILES string of the molecule is CCCCN(CC(NCCC)C(C)CC)c1ccccc1. The van der Waals surface area contributed by atoms with Crippen LogP contribution >= 0.6 is 0 Å². The summed E-state index contributed by atoms with van der Waals surface area (Å²) in [6.07, 6.45) is 4.95. The van der Waals surface area contributed by atoms with Gasteiger partial charge >= 0.3 is 0 Å². The summed E-state index contributed by atoms with van der Waals surface area (Å²) in [4.78, 5) is 2.56. The summed E-state index contributed by atoms with van der Waals surface area (Å²) in [5, 5.41) is 3.76. The highest BCUT2D eigenvalue weighted by molar-refractivity contribution is 5.46. The van der Waals surface area contributed by atoms with Crippen LogP contribution in [-0.2, 0) is 0 Å². The van der Waals surface area contributed by atoms with Crippen LogP contribution in [0.15, 0.2) is 30.3 Å². The molecule has 2 unspecified atom stereocenters. The van der Waals surface area contributed by atoms with E-state index in [1.165, 1.54) is 31.4 Å². The number of hydrogen-bond acceptors (Lipinski definition) is 2. The molecule has 21 heavy (non-hydrogen) atoms. The van der Waals surface area contributed by atoms with Crippen LogP contribution in [0.4, 0.5) is 5.69 Å².